The maximum atomic E-state index is 12.7. The third-order valence-electron chi connectivity index (χ3n) is 5.03. The van der Waals surface area contributed by atoms with E-state index in [1.807, 2.05) is 54.6 Å². The molecule has 27 heavy (non-hydrogen) atoms. The van der Waals surface area contributed by atoms with E-state index in [1.54, 1.807) is 7.11 Å². The zero-order chi connectivity index (χ0) is 19.3. The summed E-state index contributed by atoms with van der Waals surface area (Å²) in [5, 5.41) is 3.02. The Balaban J connectivity index is 1.72. The standard InChI is InChI=1S/C21H25NO4S/c1-26-19-9-7-17(8-10-19)20(16-5-3-2-4-6-16)15-21(23)22-18-11-13-27(24,25)14-12-18/h2-10,18,20H,11-15H2,1H3,(H,22,23). The summed E-state index contributed by atoms with van der Waals surface area (Å²) in [4.78, 5) is 12.7. The minimum atomic E-state index is -2.93. The Morgan fingerprint density at radius 3 is 2.22 bits per heavy atom. The molecule has 1 aliphatic rings. The third kappa shape index (κ3) is 5.32. The number of ether oxygens (including phenoxy) is 1. The molecule has 0 bridgehead atoms. The summed E-state index contributed by atoms with van der Waals surface area (Å²) in [7, 11) is -1.30. The van der Waals surface area contributed by atoms with Gasteiger partial charge in [0.2, 0.25) is 5.91 Å². The van der Waals surface area contributed by atoms with Crippen molar-refractivity contribution in [2.45, 2.75) is 31.2 Å². The molecule has 1 amide bonds. The van der Waals surface area contributed by atoms with Crippen molar-refractivity contribution in [3.8, 4) is 5.75 Å². The summed E-state index contributed by atoms with van der Waals surface area (Å²) in [5.41, 5.74) is 2.12. The Hall–Kier alpha value is -2.34. The van der Waals surface area contributed by atoms with Crippen LogP contribution < -0.4 is 10.1 Å². The Morgan fingerprint density at radius 2 is 1.63 bits per heavy atom. The van der Waals surface area contributed by atoms with Gasteiger partial charge < -0.3 is 10.1 Å². The molecular formula is C21H25NO4S. The van der Waals surface area contributed by atoms with Gasteiger partial charge >= 0.3 is 0 Å². The smallest absolute Gasteiger partial charge is 0.221 e. The number of benzene rings is 2. The molecule has 1 saturated heterocycles. The number of hydrogen-bond acceptors (Lipinski definition) is 4. The maximum Gasteiger partial charge on any atom is 0.221 e. The second-order valence-corrected chi connectivity index (χ2v) is 9.24. The highest BCUT2D eigenvalue weighted by Gasteiger charge is 2.26. The van der Waals surface area contributed by atoms with E-state index in [0.717, 1.165) is 16.9 Å². The third-order valence-corrected chi connectivity index (χ3v) is 6.74. The number of hydrogen-bond donors (Lipinski definition) is 1. The summed E-state index contributed by atoms with van der Waals surface area (Å²) < 4.78 is 28.3. The zero-order valence-electron chi connectivity index (χ0n) is 15.4. The van der Waals surface area contributed by atoms with Crippen LogP contribution in [-0.2, 0) is 14.6 Å². The molecule has 1 unspecified atom stereocenters. The van der Waals surface area contributed by atoms with Crippen molar-refractivity contribution in [3.05, 3.63) is 65.7 Å². The molecular weight excluding hydrogens is 362 g/mol. The van der Waals surface area contributed by atoms with Gasteiger partial charge in [-0.25, -0.2) is 8.42 Å². The first-order valence-corrected chi connectivity index (χ1v) is 11.0. The van der Waals surface area contributed by atoms with Crippen LogP contribution in [0.1, 0.15) is 36.3 Å². The van der Waals surface area contributed by atoms with Gasteiger partial charge in [-0.1, -0.05) is 42.5 Å². The number of nitrogens with one attached hydrogen (secondary N) is 1. The predicted octanol–water partition coefficient (Wildman–Crippen LogP) is 2.91. The van der Waals surface area contributed by atoms with Gasteiger partial charge in [-0.2, -0.15) is 0 Å². The average molecular weight is 388 g/mol. The molecule has 1 atom stereocenters. The van der Waals surface area contributed by atoms with Gasteiger partial charge in [0.1, 0.15) is 15.6 Å². The van der Waals surface area contributed by atoms with Gasteiger partial charge in [0.15, 0.2) is 0 Å². The molecule has 3 rings (SSSR count). The lowest BCUT2D eigenvalue weighted by Gasteiger charge is -2.24. The molecule has 0 radical (unpaired) electrons. The number of carbonyl (C=O) groups excluding carboxylic acids is 1. The van der Waals surface area contributed by atoms with Crippen molar-refractivity contribution in [1.29, 1.82) is 0 Å². The van der Waals surface area contributed by atoms with E-state index in [4.69, 9.17) is 4.74 Å². The van der Waals surface area contributed by atoms with E-state index in [9.17, 15) is 13.2 Å². The van der Waals surface area contributed by atoms with Gasteiger partial charge in [-0.3, -0.25) is 4.79 Å². The molecule has 2 aromatic rings. The molecule has 1 fully saturated rings. The minimum absolute atomic E-state index is 0.0519. The summed E-state index contributed by atoms with van der Waals surface area (Å²) in [6.45, 7) is 0. The second-order valence-electron chi connectivity index (χ2n) is 6.93. The quantitative estimate of drug-likeness (QED) is 0.827. The fourth-order valence-electron chi connectivity index (χ4n) is 3.46. The summed E-state index contributed by atoms with van der Waals surface area (Å²) in [6.07, 6.45) is 1.30. The highest BCUT2D eigenvalue weighted by molar-refractivity contribution is 7.91. The van der Waals surface area contributed by atoms with Crippen LogP contribution in [0.3, 0.4) is 0 Å². The van der Waals surface area contributed by atoms with E-state index in [1.165, 1.54) is 0 Å². The predicted molar refractivity (Wildman–Crippen MR) is 106 cm³/mol. The SMILES string of the molecule is COc1ccc(C(CC(=O)NC2CCS(=O)(=O)CC2)c2ccccc2)cc1. The molecule has 1 aliphatic heterocycles. The molecule has 2 aromatic carbocycles. The lowest BCUT2D eigenvalue weighted by Crippen LogP contribution is -2.41. The normalized spacial score (nSPS) is 17.8. The second kappa shape index (κ2) is 8.57. The van der Waals surface area contributed by atoms with Gasteiger partial charge in [-0.15, -0.1) is 0 Å². The molecule has 6 heteroatoms. The highest BCUT2D eigenvalue weighted by atomic mass is 32.2. The van der Waals surface area contributed by atoms with Crippen LogP contribution in [0.4, 0.5) is 0 Å². The van der Waals surface area contributed by atoms with Crippen molar-refractivity contribution < 1.29 is 17.9 Å². The minimum Gasteiger partial charge on any atom is -0.497 e. The van der Waals surface area contributed by atoms with Crippen LogP contribution in [0.25, 0.3) is 0 Å². The topological polar surface area (TPSA) is 72.5 Å². The fraction of sp³-hybridized carbons (Fsp3) is 0.381. The van der Waals surface area contributed by atoms with Crippen molar-refractivity contribution in [1.82, 2.24) is 5.32 Å². The van der Waals surface area contributed by atoms with Crippen LogP contribution in [0, 0.1) is 0 Å². The maximum absolute atomic E-state index is 12.7. The fourth-order valence-corrected chi connectivity index (χ4v) is 4.95. The summed E-state index contributed by atoms with van der Waals surface area (Å²) >= 11 is 0. The Labute approximate surface area is 160 Å². The molecule has 0 aliphatic carbocycles. The van der Waals surface area contributed by atoms with E-state index in [2.05, 4.69) is 5.32 Å². The van der Waals surface area contributed by atoms with Crippen molar-refractivity contribution in [2.75, 3.05) is 18.6 Å². The van der Waals surface area contributed by atoms with Gasteiger partial charge in [0.25, 0.3) is 0 Å². The van der Waals surface area contributed by atoms with Crippen LogP contribution in [0.2, 0.25) is 0 Å². The van der Waals surface area contributed by atoms with Gasteiger partial charge in [0, 0.05) is 18.4 Å². The first-order chi connectivity index (χ1) is 13.0. The number of sulfone groups is 1. The molecule has 5 nitrogen and oxygen atoms in total. The number of amides is 1. The number of rotatable bonds is 6. The highest BCUT2D eigenvalue weighted by Crippen LogP contribution is 2.29. The Morgan fingerprint density at radius 1 is 1.04 bits per heavy atom. The van der Waals surface area contributed by atoms with Crippen molar-refractivity contribution in [3.63, 3.8) is 0 Å². The van der Waals surface area contributed by atoms with Gasteiger partial charge in [-0.05, 0) is 36.1 Å². The first-order valence-electron chi connectivity index (χ1n) is 9.15. The lowest BCUT2D eigenvalue weighted by molar-refractivity contribution is -0.122. The molecule has 1 N–H and O–H groups in total. The van der Waals surface area contributed by atoms with Crippen LogP contribution in [0.15, 0.2) is 54.6 Å². The monoisotopic (exact) mass is 387 g/mol. The Kier molecular flexibility index (Phi) is 6.16. The van der Waals surface area contributed by atoms with Crippen LogP contribution in [-0.4, -0.2) is 39.0 Å². The lowest BCUT2D eigenvalue weighted by atomic mass is 9.88. The number of carbonyl (C=O) groups is 1. The van der Waals surface area contributed by atoms with E-state index >= 15 is 0 Å². The molecule has 1 heterocycles. The molecule has 144 valence electrons. The first kappa shape index (κ1) is 19.4. The Bertz CT molecular complexity index is 849. The molecule has 0 spiro atoms. The largest absolute Gasteiger partial charge is 0.497 e. The summed E-state index contributed by atoms with van der Waals surface area (Å²) in [6, 6.07) is 17.6. The van der Waals surface area contributed by atoms with Crippen LogP contribution in [0.5, 0.6) is 5.75 Å². The van der Waals surface area contributed by atoms with Crippen molar-refractivity contribution >= 4 is 15.7 Å². The van der Waals surface area contributed by atoms with E-state index < -0.39 is 9.84 Å². The zero-order valence-corrected chi connectivity index (χ0v) is 16.2. The number of methoxy groups -OCH3 is 1. The summed E-state index contributed by atoms with van der Waals surface area (Å²) in [5.74, 6) is 0.962. The molecule has 0 aromatic heterocycles. The van der Waals surface area contributed by atoms with Crippen LogP contribution >= 0.6 is 0 Å². The van der Waals surface area contributed by atoms with E-state index in [-0.39, 0.29) is 29.4 Å². The molecule has 0 saturated carbocycles. The van der Waals surface area contributed by atoms with Crippen molar-refractivity contribution in [2.24, 2.45) is 0 Å². The average Bonchev–Trinajstić information content (AvgIpc) is 2.69. The van der Waals surface area contributed by atoms with Gasteiger partial charge in [0.05, 0.1) is 18.6 Å². The van der Waals surface area contributed by atoms with E-state index in [0.29, 0.717) is 19.3 Å².